The van der Waals surface area contributed by atoms with Crippen LogP contribution in [0.25, 0.3) is 0 Å². The number of aromatic nitrogens is 2. The summed E-state index contributed by atoms with van der Waals surface area (Å²) >= 11 is 0. The van der Waals surface area contributed by atoms with E-state index in [1.54, 1.807) is 17.9 Å². The van der Waals surface area contributed by atoms with Crippen LogP contribution in [0.3, 0.4) is 0 Å². The molecule has 1 aliphatic rings. The lowest BCUT2D eigenvalue weighted by molar-refractivity contribution is 0.296. The summed E-state index contributed by atoms with van der Waals surface area (Å²) in [5.41, 5.74) is 1.09. The van der Waals surface area contributed by atoms with Crippen LogP contribution in [-0.4, -0.2) is 48.7 Å². The highest BCUT2D eigenvalue weighted by molar-refractivity contribution is 7.89. The number of piperidine rings is 1. The Labute approximate surface area is 149 Å². The second kappa shape index (κ2) is 8.11. The predicted molar refractivity (Wildman–Crippen MR) is 95.9 cm³/mol. The lowest BCUT2D eigenvalue weighted by Gasteiger charge is -2.30. The molecule has 1 N–H and O–H groups in total. The van der Waals surface area contributed by atoms with Crippen LogP contribution in [0, 0.1) is 0 Å². The first kappa shape index (κ1) is 18.9. The van der Waals surface area contributed by atoms with Gasteiger partial charge in [-0.3, -0.25) is 4.68 Å². The second-order valence-electron chi connectivity index (χ2n) is 5.86. The minimum atomic E-state index is -3.49. The maximum Gasteiger partial charge on any atom is 0.246 e. The second-order valence-corrected chi connectivity index (χ2v) is 7.86. The standard InChI is InChI=1S/C16H22N4O2S.ClH/c1-19(15-7-9-17-10-8-15)23(21,22)16-11-18-20(13-16)12-14-5-3-2-4-6-14;/h2-6,11,13,15,17H,7-10,12H2,1H3;1H. The van der Waals surface area contributed by atoms with Gasteiger partial charge in [-0.2, -0.15) is 9.40 Å². The molecule has 132 valence electrons. The summed E-state index contributed by atoms with van der Waals surface area (Å²) in [5.74, 6) is 0. The van der Waals surface area contributed by atoms with Gasteiger partial charge in [0.05, 0.1) is 12.7 Å². The van der Waals surface area contributed by atoms with Crippen molar-refractivity contribution in [2.24, 2.45) is 0 Å². The van der Waals surface area contributed by atoms with Crippen molar-refractivity contribution in [2.45, 2.75) is 30.3 Å². The first-order valence-electron chi connectivity index (χ1n) is 7.82. The number of benzene rings is 1. The van der Waals surface area contributed by atoms with Gasteiger partial charge >= 0.3 is 0 Å². The summed E-state index contributed by atoms with van der Waals surface area (Å²) in [7, 11) is -1.82. The van der Waals surface area contributed by atoms with Crippen molar-refractivity contribution in [1.29, 1.82) is 0 Å². The smallest absolute Gasteiger partial charge is 0.246 e. The maximum absolute atomic E-state index is 12.7. The molecule has 0 amide bonds. The predicted octanol–water partition coefficient (Wildman–Crippen LogP) is 1.73. The fourth-order valence-corrected chi connectivity index (χ4v) is 4.24. The van der Waals surface area contributed by atoms with Crippen LogP contribution in [-0.2, 0) is 16.6 Å². The molecule has 1 aromatic heterocycles. The van der Waals surface area contributed by atoms with Crippen molar-refractivity contribution >= 4 is 22.4 Å². The number of sulfonamides is 1. The first-order chi connectivity index (χ1) is 11.1. The Kier molecular flexibility index (Phi) is 6.40. The van der Waals surface area contributed by atoms with Gasteiger partial charge in [-0.1, -0.05) is 30.3 Å². The molecule has 1 fully saturated rings. The van der Waals surface area contributed by atoms with Crippen LogP contribution in [0.15, 0.2) is 47.6 Å². The van der Waals surface area contributed by atoms with Crippen molar-refractivity contribution in [3.8, 4) is 0 Å². The zero-order chi connectivity index (χ0) is 16.3. The Morgan fingerprint density at radius 1 is 1.25 bits per heavy atom. The maximum atomic E-state index is 12.7. The molecule has 0 bridgehead atoms. The molecule has 0 saturated carbocycles. The molecule has 24 heavy (non-hydrogen) atoms. The van der Waals surface area contributed by atoms with Crippen molar-refractivity contribution in [3.63, 3.8) is 0 Å². The zero-order valence-corrected chi connectivity index (χ0v) is 15.3. The summed E-state index contributed by atoms with van der Waals surface area (Å²) in [4.78, 5) is 0.259. The Bertz CT molecular complexity index is 742. The average molecular weight is 371 g/mol. The number of nitrogens with zero attached hydrogens (tertiary/aromatic N) is 3. The molecule has 0 spiro atoms. The number of hydrogen-bond acceptors (Lipinski definition) is 4. The topological polar surface area (TPSA) is 67.2 Å². The van der Waals surface area contributed by atoms with Crippen LogP contribution in [0.4, 0.5) is 0 Å². The van der Waals surface area contributed by atoms with E-state index >= 15 is 0 Å². The van der Waals surface area contributed by atoms with Gasteiger partial charge in [0.25, 0.3) is 0 Å². The summed E-state index contributed by atoms with van der Waals surface area (Å²) in [6, 6.07) is 9.92. The molecule has 8 heteroatoms. The quantitative estimate of drug-likeness (QED) is 0.870. The molecule has 0 unspecified atom stereocenters. The summed E-state index contributed by atoms with van der Waals surface area (Å²) in [6.07, 6.45) is 4.73. The van der Waals surface area contributed by atoms with Crippen LogP contribution in [0.2, 0.25) is 0 Å². The Morgan fingerprint density at radius 3 is 2.58 bits per heavy atom. The van der Waals surface area contributed by atoms with Gasteiger partial charge in [0.15, 0.2) is 0 Å². The number of halogens is 1. The average Bonchev–Trinajstić information content (AvgIpc) is 3.05. The van der Waals surface area contributed by atoms with Gasteiger partial charge in [0, 0.05) is 19.3 Å². The van der Waals surface area contributed by atoms with Gasteiger partial charge < -0.3 is 5.32 Å². The van der Waals surface area contributed by atoms with Crippen molar-refractivity contribution in [1.82, 2.24) is 19.4 Å². The molecular formula is C16H23ClN4O2S. The molecule has 3 rings (SSSR count). The third-order valence-electron chi connectivity index (χ3n) is 4.30. The summed E-state index contributed by atoms with van der Waals surface area (Å²) in [6.45, 7) is 2.28. The third-order valence-corrected chi connectivity index (χ3v) is 6.16. The summed E-state index contributed by atoms with van der Waals surface area (Å²) < 4.78 is 28.7. The molecule has 1 aromatic carbocycles. The monoisotopic (exact) mass is 370 g/mol. The molecule has 0 aliphatic carbocycles. The Balaban J connectivity index is 0.00000208. The largest absolute Gasteiger partial charge is 0.317 e. The highest BCUT2D eigenvalue weighted by Crippen LogP contribution is 2.20. The highest BCUT2D eigenvalue weighted by atomic mass is 35.5. The van der Waals surface area contributed by atoms with E-state index in [9.17, 15) is 8.42 Å². The van der Waals surface area contributed by atoms with E-state index in [0.29, 0.717) is 6.54 Å². The fraction of sp³-hybridized carbons (Fsp3) is 0.438. The molecule has 0 atom stereocenters. The van der Waals surface area contributed by atoms with Gasteiger partial charge in [0.2, 0.25) is 10.0 Å². The molecule has 0 radical (unpaired) electrons. The van der Waals surface area contributed by atoms with E-state index < -0.39 is 10.0 Å². The van der Waals surface area contributed by atoms with Crippen LogP contribution in [0.5, 0.6) is 0 Å². The molecule has 6 nitrogen and oxygen atoms in total. The van der Waals surface area contributed by atoms with Crippen LogP contribution in [0.1, 0.15) is 18.4 Å². The molecule has 1 saturated heterocycles. The first-order valence-corrected chi connectivity index (χ1v) is 9.26. The molecule has 2 heterocycles. The highest BCUT2D eigenvalue weighted by Gasteiger charge is 2.29. The lowest BCUT2D eigenvalue weighted by atomic mass is 10.1. The fourth-order valence-electron chi connectivity index (χ4n) is 2.87. The Morgan fingerprint density at radius 2 is 1.92 bits per heavy atom. The number of nitrogens with one attached hydrogen (secondary N) is 1. The minimum Gasteiger partial charge on any atom is -0.317 e. The molecule has 1 aliphatic heterocycles. The van der Waals surface area contributed by atoms with Gasteiger partial charge in [0.1, 0.15) is 4.90 Å². The van der Waals surface area contributed by atoms with Crippen molar-refractivity contribution in [2.75, 3.05) is 20.1 Å². The minimum absolute atomic E-state index is 0. The van der Waals surface area contributed by atoms with E-state index in [-0.39, 0.29) is 23.3 Å². The molecule has 2 aromatic rings. The van der Waals surface area contributed by atoms with Crippen molar-refractivity contribution < 1.29 is 8.42 Å². The van der Waals surface area contributed by atoms with E-state index in [1.807, 2.05) is 30.3 Å². The van der Waals surface area contributed by atoms with Crippen LogP contribution >= 0.6 is 12.4 Å². The van der Waals surface area contributed by atoms with Crippen LogP contribution < -0.4 is 5.32 Å². The van der Waals surface area contributed by atoms with E-state index in [2.05, 4.69) is 10.4 Å². The third kappa shape index (κ3) is 4.16. The van der Waals surface area contributed by atoms with Crippen molar-refractivity contribution in [3.05, 3.63) is 48.3 Å². The van der Waals surface area contributed by atoms with Gasteiger partial charge in [-0.15, -0.1) is 12.4 Å². The normalized spacial score (nSPS) is 16.1. The molecular weight excluding hydrogens is 348 g/mol. The van der Waals surface area contributed by atoms with E-state index in [0.717, 1.165) is 31.5 Å². The van der Waals surface area contributed by atoms with E-state index in [4.69, 9.17) is 0 Å². The number of hydrogen-bond donors (Lipinski definition) is 1. The lowest BCUT2D eigenvalue weighted by Crippen LogP contribution is -2.43. The van der Waals surface area contributed by atoms with E-state index in [1.165, 1.54) is 10.5 Å². The SMILES string of the molecule is CN(C1CCNCC1)S(=O)(=O)c1cnn(Cc2ccccc2)c1.Cl. The Hall–Kier alpha value is -1.41. The summed E-state index contributed by atoms with van der Waals surface area (Å²) in [5, 5.41) is 7.46. The van der Waals surface area contributed by atoms with Gasteiger partial charge in [-0.25, -0.2) is 8.42 Å². The number of rotatable bonds is 5. The zero-order valence-electron chi connectivity index (χ0n) is 13.6. The van der Waals surface area contributed by atoms with Gasteiger partial charge in [-0.05, 0) is 31.5 Å².